The van der Waals surface area contributed by atoms with Gasteiger partial charge in [0.25, 0.3) is 0 Å². The molecular formula is C27H23F6N3O3S. The van der Waals surface area contributed by atoms with Crippen molar-refractivity contribution >= 4 is 34.6 Å². The van der Waals surface area contributed by atoms with Gasteiger partial charge in [-0.05, 0) is 35.9 Å². The summed E-state index contributed by atoms with van der Waals surface area (Å²) >= 11 is 0.699. The quantitative estimate of drug-likeness (QED) is 0.327. The first-order chi connectivity index (χ1) is 18.9. The monoisotopic (exact) mass is 583 g/mol. The van der Waals surface area contributed by atoms with Crippen molar-refractivity contribution in [3.8, 4) is 5.75 Å². The van der Waals surface area contributed by atoms with Crippen LogP contribution in [0.5, 0.6) is 5.75 Å². The molecule has 1 unspecified atom stereocenters. The number of anilines is 1. The molecule has 1 aromatic heterocycles. The zero-order valence-electron chi connectivity index (χ0n) is 21.0. The van der Waals surface area contributed by atoms with Gasteiger partial charge >= 0.3 is 12.1 Å². The standard InChI is InChI=1S/C27H23F6N3O3S/c1-39-21-7-4-16(27(31,32)33)12-20(21)36-19(13-22(37)38)18-14-40-24(29)23(18)34-25(36)35-10-8-26(30,9-11-35)15-2-5-17(28)6-3-15/h2-7,12,14,19H,8-11,13H2,1H3,(H,37,38). The lowest BCUT2D eigenvalue weighted by Crippen LogP contribution is -2.52. The van der Waals surface area contributed by atoms with Gasteiger partial charge in [-0.2, -0.15) is 17.6 Å². The number of carbonyl (C=O) groups is 1. The zero-order chi connectivity index (χ0) is 28.8. The maximum absolute atomic E-state index is 15.9. The molecule has 0 radical (unpaired) electrons. The summed E-state index contributed by atoms with van der Waals surface area (Å²) < 4.78 is 90.7. The van der Waals surface area contributed by atoms with Crippen molar-refractivity contribution in [2.24, 2.45) is 4.99 Å². The third kappa shape index (κ3) is 5.09. The van der Waals surface area contributed by atoms with Crippen LogP contribution in [-0.4, -0.2) is 42.1 Å². The Morgan fingerprint density at radius 3 is 2.42 bits per heavy atom. The number of likely N-dealkylation sites (tertiary alicyclic amines) is 1. The molecule has 3 aromatic rings. The Hall–Kier alpha value is -3.74. The topological polar surface area (TPSA) is 65.4 Å². The van der Waals surface area contributed by atoms with Gasteiger partial charge < -0.3 is 19.6 Å². The number of nitrogens with zero attached hydrogens (tertiary/aromatic N) is 3. The van der Waals surface area contributed by atoms with E-state index in [9.17, 15) is 31.9 Å². The highest BCUT2D eigenvalue weighted by Crippen LogP contribution is 2.48. The van der Waals surface area contributed by atoms with Crippen LogP contribution in [0, 0.1) is 10.9 Å². The number of benzene rings is 2. The van der Waals surface area contributed by atoms with Crippen LogP contribution in [0.3, 0.4) is 0 Å². The number of aliphatic carboxylic acids is 1. The minimum Gasteiger partial charge on any atom is -0.495 e. The second kappa shape index (κ2) is 10.3. The number of rotatable bonds is 5. The van der Waals surface area contributed by atoms with Gasteiger partial charge in [-0.3, -0.25) is 4.79 Å². The van der Waals surface area contributed by atoms with Crippen LogP contribution < -0.4 is 9.64 Å². The summed E-state index contributed by atoms with van der Waals surface area (Å²) in [6, 6.07) is 6.70. The van der Waals surface area contributed by atoms with Crippen LogP contribution in [0.15, 0.2) is 52.8 Å². The summed E-state index contributed by atoms with van der Waals surface area (Å²) in [6.07, 6.45) is -5.45. The van der Waals surface area contributed by atoms with E-state index < -0.39 is 46.8 Å². The normalized spacial score (nSPS) is 18.8. The lowest BCUT2D eigenvalue weighted by molar-refractivity contribution is -0.138. The molecule has 1 fully saturated rings. The molecule has 0 amide bonds. The molecule has 0 spiro atoms. The molecule has 5 rings (SSSR count). The van der Waals surface area contributed by atoms with Gasteiger partial charge in [-0.1, -0.05) is 12.1 Å². The van der Waals surface area contributed by atoms with Crippen molar-refractivity contribution in [2.75, 3.05) is 25.1 Å². The van der Waals surface area contributed by atoms with Gasteiger partial charge in [0.2, 0.25) is 11.1 Å². The smallest absolute Gasteiger partial charge is 0.416 e. The van der Waals surface area contributed by atoms with Gasteiger partial charge in [0.1, 0.15) is 22.9 Å². The van der Waals surface area contributed by atoms with Gasteiger partial charge in [-0.25, -0.2) is 13.8 Å². The average molecular weight is 584 g/mol. The Bertz CT molecular complexity index is 1450. The summed E-state index contributed by atoms with van der Waals surface area (Å²) in [6.45, 7) is 0.0384. The highest BCUT2D eigenvalue weighted by molar-refractivity contribution is 7.08. The van der Waals surface area contributed by atoms with Crippen molar-refractivity contribution in [3.05, 3.63) is 75.5 Å². The fraction of sp³-hybridized carbons (Fsp3) is 0.333. The first-order valence-electron chi connectivity index (χ1n) is 12.2. The summed E-state index contributed by atoms with van der Waals surface area (Å²) in [4.78, 5) is 19.3. The van der Waals surface area contributed by atoms with E-state index in [0.29, 0.717) is 11.3 Å². The predicted octanol–water partition coefficient (Wildman–Crippen LogP) is 7.04. The Morgan fingerprint density at radius 2 is 1.82 bits per heavy atom. The van der Waals surface area contributed by atoms with Crippen molar-refractivity contribution in [1.82, 2.24) is 4.90 Å². The first kappa shape index (κ1) is 27.8. The molecule has 0 aliphatic carbocycles. The van der Waals surface area contributed by atoms with Crippen molar-refractivity contribution in [1.29, 1.82) is 0 Å². The molecule has 2 aliphatic heterocycles. The fourth-order valence-corrected chi connectivity index (χ4v) is 5.91. The Kier molecular flexibility index (Phi) is 7.19. The number of guanidine groups is 1. The third-order valence-corrected chi connectivity index (χ3v) is 7.95. The predicted molar refractivity (Wildman–Crippen MR) is 137 cm³/mol. The van der Waals surface area contributed by atoms with Crippen LogP contribution in [0.1, 0.15) is 42.0 Å². The minimum atomic E-state index is -4.72. The summed E-state index contributed by atoms with van der Waals surface area (Å²) in [5.74, 6) is -1.78. The summed E-state index contributed by atoms with van der Waals surface area (Å²) in [5, 5.41) is 10.4. The number of hydrogen-bond acceptors (Lipinski definition) is 6. The number of hydrogen-bond donors (Lipinski definition) is 1. The van der Waals surface area contributed by atoms with E-state index in [4.69, 9.17) is 4.74 Å². The van der Waals surface area contributed by atoms with E-state index in [-0.39, 0.29) is 60.1 Å². The number of halogens is 6. The number of carboxylic acids is 1. The largest absolute Gasteiger partial charge is 0.495 e. The van der Waals surface area contributed by atoms with Crippen LogP contribution in [-0.2, 0) is 16.6 Å². The molecule has 212 valence electrons. The molecule has 1 N–H and O–H groups in total. The minimum absolute atomic E-state index is 0.0124. The van der Waals surface area contributed by atoms with Gasteiger partial charge in [0.05, 0.1) is 30.8 Å². The summed E-state index contributed by atoms with van der Waals surface area (Å²) in [7, 11) is 1.26. The molecule has 6 nitrogen and oxygen atoms in total. The highest BCUT2D eigenvalue weighted by Gasteiger charge is 2.43. The number of ether oxygens (including phenoxy) is 1. The molecular weight excluding hydrogens is 560 g/mol. The number of thiophene rings is 1. The van der Waals surface area contributed by atoms with Gasteiger partial charge in [-0.15, -0.1) is 11.3 Å². The number of piperidine rings is 1. The number of fused-ring (bicyclic) bond motifs is 1. The molecule has 2 aromatic carbocycles. The second-order valence-corrected chi connectivity index (χ2v) is 10.4. The van der Waals surface area contributed by atoms with Gasteiger partial charge in [0, 0.05) is 36.9 Å². The van der Waals surface area contributed by atoms with Crippen LogP contribution >= 0.6 is 11.3 Å². The van der Waals surface area contributed by atoms with Crippen molar-refractivity contribution in [2.45, 2.75) is 37.1 Å². The van der Waals surface area contributed by atoms with Crippen LogP contribution in [0.25, 0.3) is 0 Å². The maximum Gasteiger partial charge on any atom is 0.416 e. The van der Waals surface area contributed by atoms with E-state index >= 15 is 4.39 Å². The molecule has 0 bridgehead atoms. The fourth-order valence-electron chi connectivity index (χ4n) is 5.14. The Morgan fingerprint density at radius 1 is 1.15 bits per heavy atom. The number of aliphatic imine (C=N–C) groups is 1. The second-order valence-electron chi connectivity index (χ2n) is 9.55. The maximum atomic E-state index is 15.9. The number of carboxylic acid groups (broad SMARTS) is 1. The van der Waals surface area contributed by atoms with E-state index in [1.165, 1.54) is 29.5 Å². The Balaban J connectivity index is 1.60. The molecule has 1 atom stereocenters. The highest BCUT2D eigenvalue weighted by atomic mass is 32.1. The number of methoxy groups -OCH3 is 1. The molecule has 1 saturated heterocycles. The zero-order valence-corrected chi connectivity index (χ0v) is 21.8. The molecule has 3 heterocycles. The van der Waals surface area contributed by atoms with Gasteiger partial charge in [0.15, 0.2) is 0 Å². The first-order valence-corrected chi connectivity index (χ1v) is 13.1. The molecule has 2 aliphatic rings. The lowest BCUT2D eigenvalue weighted by atomic mass is 9.86. The van der Waals surface area contributed by atoms with E-state index in [0.717, 1.165) is 30.3 Å². The lowest BCUT2D eigenvalue weighted by Gasteiger charge is -2.45. The van der Waals surface area contributed by atoms with E-state index in [2.05, 4.69) is 4.99 Å². The Labute approximate surface area is 229 Å². The van der Waals surface area contributed by atoms with Crippen molar-refractivity contribution < 1.29 is 41.0 Å². The van der Waals surface area contributed by atoms with E-state index in [1.54, 1.807) is 4.90 Å². The molecule has 0 saturated carbocycles. The number of alkyl halides is 4. The van der Waals surface area contributed by atoms with Crippen molar-refractivity contribution in [3.63, 3.8) is 0 Å². The third-order valence-electron chi connectivity index (χ3n) is 7.18. The van der Waals surface area contributed by atoms with E-state index in [1.807, 2.05) is 0 Å². The summed E-state index contributed by atoms with van der Waals surface area (Å²) in [5.41, 5.74) is -2.55. The average Bonchev–Trinajstić information content (AvgIpc) is 3.28. The molecule has 13 heteroatoms. The van der Waals surface area contributed by atoms with Crippen LogP contribution in [0.2, 0.25) is 0 Å². The SMILES string of the molecule is COc1ccc(C(F)(F)F)cc1N1C(N2CCC(F)(c3ccc(F)cc3)CC2)=Nc2c(csc2F)C1CC(=O)O. The molecule has 40 heavy (non-hydrogen) atoms. The van der Waals surface area contributed by atoms with Crippen LogP contribution in [0.4, 0.5) is 37.7 Å².